The van der Waals surface area contributed by atoms with Gasteiger partial charge in [-0.15, -0.1) is 11.3 Å². The normalized spacial score (nSPS) is 12.6. The molecule has 0 spiro atoms. The van der Waals surface area contributed by atoms with Gasteiger partial charge in [0.1, 0.15) is 0 Å². The Morgan fingerprint density at radius 2 is 1.90 bits per heavy atom. The van der Waals surface area contributed by atoms with Crippen LogP contribution in [0.2, 0.25) is 10.0 Å². The van der Waals surface area contributed by atoms with E-state index in [2.05, 4.69) is 41.9 Å². The summed E-state index contributed by atoms with van der Waals surface area (Å²) in [4.78, 5) is 0. The molecule has 1 N–H and O–H groups in total. The summed E-state index contributed by atoms with van der Waals surface area (Å²) in [6.45, 7) is 2.08. The monoisotopic (exact) mass is 321 g/mol. The molecule has 0 fully saturated rings. The van der Waals surface area contributed by atoms with Crippen LogP contribution in [-0.2, 0) is 0 Å². The molecule has 1 nitrogen and oxygen atoms in total. The molecule has 1 heterocycles. The maximum Gasteiger partial charge on any atom is 0.0500 e. The van der Waals surface area contributed by atoms with Crippen LogP contribution >= 0.6 is 34.5 Å². The van der Waals surface area contributed by atoms with Crippen LogP contribution in [-0.4, -0.2) is 0 Å². The van der Waals surface area contributed by atoms with Crippen molar-refractivity contribution in [1.82, 2.24) is 0 Å². The number of anilines is 1. The van der Waals surface area contributed by atoms with Crippen molar-refractivity contribution in [2.24, 2.45) is 0 Å². The highest BCUT2D eigenvalue weighted by Crippen LogP contribution is 2.30. The first-order chi connectivity index (χ1) is 9.63. The van der Waals surface area contributed by atoms with Crippen molar-refractivity contribution in [1.29, 1.82) is 0 Å². The van der Waals surface area contributed by atoms with E-state index in [0.717, 1.165) is 16.3 Å². The lowest BCUT2D eigenvalue weighted by Crippen LogP contribution is -2.07. The van der Waals surface area contributed by atoms with E-state index in [1.165, 1.54) is 10.1 Å². The Balaban J connectivity index is 1.87. The van der Waals surface area contributed by atoms with Crippen molar-refractivity contribution < 1.29 is 0 Å². The third-order valence-corrected chi connectivity index (χ3v) is 4.74. The van der Waals surface area contributed by atoms with Gasteiger partial charge < -0.3 is 5.32 Å². The first kappa shape index (κ1) is 13.7. The molecule has 0 amide bonds. The van der Waals surface area contributed by atoms with Gasteiger partial charge in [-0.05, 0) is 65.7 Å². The zero-order valence-electron chi connectivity index (χ0n) is 10.9. The van der Waals surface area contributed by atoms with E-state index >= 15 is 0 Å². The van der Waals surface area contributed by atoms with Gasteiger partial charge >= 0.3 is 0 Å². The zero-order chi connectivity index (χ0) is 14.1. The summed E-state index contributed by atoms with van der Waals surface area (Å²) in [6, 6.07) is 14.1. The summed E-state index contributed by atoms with van der Waals surface area (Å²) in [6.07, 6.45) is 0. The maximum atomic E-state index is 6.24. The van der Waals surface area contributed by atoms with Crippen molar-refractivity contribution >= 4 is 50.3 Å². The van der Waals surface area contributed by atoms with Gasteiger partial charge in [-0.1, -0.05) is 23.2 Å². The molecule has 1 aromatic heterocycles. The second-order valence-corrected chi connectivity index (χ2v) is 6.50. The van der Waals surface area contributed by atoms with Crippen LogP contribution in [0.15, 0.2) is 47.8 Å². The Hall–Kier alpha value is -1.22. The van der Waals surface area contributed by atoms with Crippen LogP contribution in [0.25, 0.3) is 10.1 Å². The van der Waals surface area contributed by atoms with E-state index in [9.17, 15) is 0 Å². The molecule has 1 unspecified atom stereocenters. The van der Waals surface area contributed by atoms with Gasteiger partial charge in [-0.2, -0.15) is 0 Å². The lowest BCUT2D eigenvalue weighted by atomic mass is 10.1. The van der Waals surface area contributed by atoms with Gasteiger partial charge in [0.25, 0.3) is 0 Å². The molecular weight excluding hydrogens is 309 g/mol. The van der Waals surface area contributed by atoms with Gasteiger partial charge in [-0.3, -0.25) is 0 Å². The van der Waals surface area contributed by atoms with E-state index in [0.29, 0.717) is 5.02 Å². The van der Waals surface area contributed by atoms with Crippen LogP contribution in [0.3, 0.4) is 0 Å². The molecule has 0 aliphatic rings. The van der Waals surface area contributed by atoms with E-state index in [1.54, 1.807) is 17.4 Å². The fourth-order valence-electron chi connectivity index (χ4n) is 2.23. The first-order valence-electron chi connectivity index (χ1n) is 6.32. The van der Waals surface area contributed by atoms with Crippen molar-refractivity contribution in [2.45, 2.75) is 13.0 Å². The van der Waals surface area contributed by atoms with Gasteiger partial charge in [0.05, 0.1) is 6.04 Å². The summed E-state index contributed by atoms with van der Waals surface area (Å²) in [5.74, 6) is 0. The van der Waals surface area contributed by atoms with Crippen LogP contribution < -0.4 is 5.32 Å². The Morgan fingerprint density at radius 3 is 2.75 bits per heavy atom. The number of hydrogen-bond donors (Lipinski definition) is 1. The lowest BCUT2D eigenvalue weighted by Gasteiger charge is -2.17. The summed E-state index contributed by atoms with van der Waals surface area (Å²) in [5.41, 5.74) is 2.09. The van der Waals surface area contributed by atoms with E-state index < -0.39 is 0 Å². The fraction of sp³-hybridized carbons (Fsp3) is 0.125. The molecule has 4 heteroatoms. The SMILES string of the molecule is CC(Nc1ccc2sccc2c1)c1cc(Cl)ccc1Cl. The van der Waals surface area contributed by atoms with Gasteiger partial charge in [-0.25, -0.2) is 0 Å². The molecule has 0 bridgehead atoms. The number of rotatable bonds is 3. The fourth-order valence-corrected chi connectivity index (χ4v) is 3.46. The average molecular weight is 322 g/mol. The van der Waals surface area contributed by atoms with E-state index in [-0.39, 0.29) is 6.04 Å². The highest BCUT2D eigenvalue weighted by atomic mass is 35.5. The molecule has 1 atom stereocenters. The minimum Gasteiger partial charge on any atom is -0.378 e. The molecule has 0 radical (unpaired) electrons. The van der Waals surface area contributed by atoms with Crippen molar-refractivity contribution in [2.75, 3.05) is 5.32 Å². The summed E-state index contributed by atoms with van der Waals surface area (Å²) in [7, 11) is 0. The minimum absolute atomic E-state index is 0.0947. The van der Waals surface area contributed by atoms with Crippen molar-refractivity contribution in [3.63, 3.8) is 0 Å². The molecular formula is C16H13Cl2NS. The number of fused-ring (bicyclic) bond motifs is 1. The molecule has 20 heavy (non-hydrogen) atoms. The third-order valence-electron chi connectivity index (χ3n) is 3.26. The number of nitrogens with one attached hydrogen (secondary N) is 1. The topological polar surface area (TPSA) is 12.0 Å². The standard InChI is InChI=1S/C16H13Cl2NS/c1-10(14-9-12(17)2-4-15(14)18)19-13-3-5-16-11(8-13)6-7-20-16/h2-10,19H,1H3. The molecule has 3 rings (SSSR count). The number of halogens is 2. The zero-order valence-corrected chi connectivity index (χ0v) is 13.2. The number of hydrogen-bond acceptors (Lipinski definition) is 2. The highest BCUT2D eigenvalue weighted by Gasteiger charge is 2.10. The Morgan fingerprint density at radius 1 is 1.05 bits per heavy atom. The molecule has 0 saturated carbocycles. The van der Waals surface area contributed by atoms with Crippen molar-refractivity contribution in [3.05, 3.63) is 63.5 Å². The van der Waals surface area contributed by atoms with Gasteiger partial charge in [0, 0.05) is 20.4 Å². The molecule has 2 aromatic carbocycles. The minimum atomic E-state index is 0.0947. The molecule has 3 aromatic rings. The maximum absolute atomic E-state index is 6.24. The molecule has 0 aliphatic heterocycles. The second-order valence-electron chi connectivity index (χ2n) is 4.71. The molecule has 0 saturated heterocycles. The third kappa shape index (κ3) is 2.78. The average Bonchev–Trinajstić information content (AvgIpc) is 2.89. The summed E-state index contributed by atoms with van der Waals surface area (Å²) >= 11 is 14.0. The predicted octanol–water partition coefficient (Wildman–Crippen LogP) is 6.38. The molecule has 0 aliphatic carbocycles. The largest absolute Gasteiger partial charge is 0.378 e. The number of benzene rings is 2. The Kier molecular flexibility index (Phi) is 3.88. The Bertz CT molecular complexity index is 751. The van der Waals surface area contributed by atoms with Crippen LogP contribution in [0.5, 0.6) is 0 Å². The van der Waals surface area contributed by atoms with Crippen LogP contribution in [0, 0.1) is 0 Å². The summed E-state index contributed by atoms with van der Waals surface area (Å²) < 4.78 is 1.30. The van der Waals surface area contributed by atoms with Crippen molar-refractivity contribution in [3.8, 4) is 0 Å². The lowest BCUT2D eigenvalue weighted by molar-refractivity contribution is 0.885. The quantitative estimate of drug-likeness (QED) is 0.590. The van der Waals surface area contributed by atoms with Gasteiger partial charge in [0.15, 0.2) is 0 Å². The smallest absolute Gasteiger partial charge is 0.0500 e. The van der Waals surface area contributed by atoms with Crippen LogP contribution in [0.1, 0.15) is 18.5 Å². The van der Waals surface area contributed by atoms with Gasteiger partial charge in [0.2, 0.25) is 0 Å². The highest BCUT2D eigenvalue weighted by molar-refractivity contribution is 7.17. The second kappa shape index (κ2) is 5.65. The first-order valence-corrected chi connectivity index (χ1v) is 7.96. The predicted molar refractivity (Wildman–Crippen MR) is 90.3 cm³/mol. The van der Waals surface area contributed by atoms with E-state index in [4.69, 9.17) is 23.2 Å². The van der Waals surface area contributed by atoms with Crippen LogP contribution in [0.4, 0.5) is 5.69 Å². The van der Waals surface area contributed by atoms with E-state index in [1.807, 2.05) is 12.1 Å². The number of thiophene rings is 1. The summed E-state index contributed by atoms with van der Waals surface area (Å²) in [5, 5.41) is 8.25. The molecule has 102 valence electrons. The Labute approximate surface area is 132 Å².